The van der Waals surface area contributed by atoms with E-state index in [9.17, 15) is 0 Å². The monoisotopic (exact) mass is 646 g/mol. The highest BCUT2D eigenvalue weighted by atomic mass is 35.5. The van der Waals surface area contributed by atoms with Crippen molar-refractivity contribution in [3.05, 3.63) is 156 Å². The summed E-state index contributed by atoms with van der Waals surface area (Å²) in [6.45, 7) is 0. The van der Waals surface area contributed by atoms with Crippen LogP contribution in [0.5, 0.6) is 0 Å². The largest absolute Gasteiger partial charge is 0.0836 e. The van der Waals surface area contributed by atoms with Gasteiger partial charge in [0.2, 0.25) is 0 Å². The molecule has 0 aliphatic heterocycles. The molecule has 0 spiro atoms. The Morgan fingerprint density at radius 3 is 1.19 bits per heavy atom. The number of fused-ring (bicyclic) bond motifs is 3. The third-order valence-corrected chi connectivity index (χ3v) is 11.3. The smallest absolute Gasteiger partial charge is 0.0491 e. The first-order valence-corrected chi connectivity index (χ1v) is 17.1. The lowest BCUT2D eigenvalue weighted by Crippen LogP contribution is -1.90. The normalized spacial score (nSPS) is 12.4. The van der Waals surface area contributed by atoms with Gasteiger partial charge in [-0.15, -0.1) is 0 Å². The molecule has 48 heavy (non-hydrogen) atoms. The second kappa shape index (κ2) is 9.58. The van der Waals surface area contributed by atoms with Gasteiger partial charge in [0.15, 0.2) is 0 Å². The van der Waals surface area contributed by atoms with E-state index in [4.69, 9.17) is 23.2 Å². The van der Waals surface area contributed by atoms with E-state index in [2.05, 4.69) is 140 Å². The standard InChI is InChI=1S/C46H24Cl2/c47-40-22-21-33(32-16-11-29-9-7-25-3-1-5-27-13-18-35(32)44(29)42(25)27)37-20-15-31-23-39(41(48)24-38(31)46(37)40)34-17-12-30-10-8-26-4-2-6-28-14-19-36(34)45(30)43(26)28/h1-24H. The van der Waals surface area contributed by atoms with E-state index in [0.29, 0.717) is 5.02 Å². The van der Waals surface area contributed by atoms with Gasteiger partial charge in [0.1, 0.15) is 0 Å². The van der Waals surface area contributed by atoms with Crippen molar-refractivity contribution in [2.45, 2.75) is 0 Å². The molecule has 0 aromatic heterocycles. The van der Waals surface area contributed by atoms with Crippen LogP contribution in [0, 0.1) is 0 Å². The zero-order valence-corrected chi connectivity index (χ0v) is 27.1. The van der Waals surface area contributed by atoms with E-state index in [0.717, 1.165) is 37.7 Å². The van der Waals surface area contributed by atoms with E-state index < -0.39 is 0 Å². The van der Waals surface area contributed by atoms with Crippen LogP contribution < -0.4 is 0 Å². The summed E-state index contributed by atoms with van der Waals surface area (Å²) in [5.74, 6) is 0. The van der Waals surface area contributed by atoms with Crippen molar-refractivity contribution in [1.82, 2.24) is 0 Å². The molecule has 0 radical (unpaired) electrons. The van der Waals surface area contributed by atoms with Crippen molar-refractivity contribution in [3.63, 3.8) is 0 Å². The van der Waals surface area contributed by atoms with Crippen molar-refractivity contribution in [2.75, 3.05) is 0 Å². The summed E-state index contributed by atoms with van der Waals surface area (Å²) < 4.78 is 0. The number of benzene rings is 11. The molecular formula is C46H24Cl2. The van der Waals surface area contributed by atoms with Gasteiger partial charge in [-0.2, -0.15) is 0 Å². The van der Waals surface area contributed by atoms with Crippen LogP contribution in [0.4, 0.5) is 0 Å². The van der Waals surface area contributed by atoms with E-state index in [1.807, 2.05) is 6.07 Å². The Kier molecular flexibility index (Phi) is 5.32. The number of hydrogen-bond acceptors (Lipinski definition) is 0. The Balaban J connectivity index is 1.15. The Morgan fingerprint density at radius 2 is 0.646 bits per heavy atom. The first-order chi connectivity index (χ1) is 23.6. The molecule has 0 heterocycles. The molecule has 222 valence electrons. The zero-order chi connectivity index (χ0) is 31.7. The molecule has 0 N–H and O–H groups in total. The highest BCUT2D eigenvalue weighted by Crippen LogP contribution is 2.46. The number of hydrogen-bond donors (Lipinski definition) is 0. The predicted octanol–water partition coefficient (Wildman–Crippen LogP) is 14.4. The SMILES string of the molecule is Clc1cc2c(ccc3c(-c4ccc5ccc6cccc7ccc4c5c67)ccc(Cl)c32)cc1-c1ccc2ccc3cccc4ccc1c2c34. The summed E-state index contributed by atoms with van der Waals surface area (Å²) in [4.78, 5) is 0. The van der Waals surface area contributed by atoms with Crippen LogP contribution in [0.3, 0.4) is 0 Å². The first kappa shape index (κ1) is 26.6. The van der Waals surface area contributed by atoms with Gasteiger partial charge in [-0.05, 0) is 116 Å². The third-order valence-electron chi connectivity index (χ3n) is 10.7. The molecule has 0 saturated carbocycles. The molecule has 0 amide bonds. The molecule has 11 rings (SSSR count). The van der Waals surface area contributed by atoms with Crippen LogP contribution in [0.25, 0.3) is 108 Å². The maximum atomic E-state index is 7.26. The zero-order valence-electron chi connectivity index (χ0n) is 25.6. The van der Waals surface area contributed by atoms with Crippen molar-refractivity contribution in [3.8, 4) is 22.3 Å². The molecule has 11 aromatic carbocycles. The molecule has 0 fully saturated rings. The van der Waals surface area contributed by atoms with Gasteiger partial charge < -0.3 is 0 Å². The quantitative estimate of drug-likeness (QED) is 0.164. The molecule has 0 unspecified atom stereocenters. The minimum Gasteiger partial charge on any atom is -0.0836 e. The summed E-state index contributed by atoms with van der Waals surface area (Å²) >= 11 is 14.3. The van der Waals surface area contributed by atoms with Gasteiger partial charge in [0.25, 0.3) is 0 Å². The second-order valence-corrected chi connectivity index (χ2v) is 13.9. The van der Waals surface area contributed by atoms with Crippen LogP contribution in [0.15, 0.2) is 146 Å². The summed E-state index contributed by atoms with van der Waals surface area (Å²) in [7, 11) is 0. The molecule has 0 aliphatic carbocycles. The summed E-state index contributed by atoms with van der Waals surface area (Å²) in [5.41, 5.74) is 4.54. The van der Waals surface area contributed by atoms with E-state index in [1.165, 1.54) is 75.8 Å². The minimum absolute atomic E-state index is 0.717. The summed E-state index contributed by atoms with van der Waals surface area (Å²) in [6, 6.07) is 53.0. The third kappa shape index (κ3) is 3.51. The first-order valence-electron chi connectivity index (χ1n) is 16.3. The van der Waals surface area contributed by atoms with Crippen molar-refractivity contribution < 1.29 is 0 Å². The van der Waals surface area contributed by atoms with Gasteiger partial charge in [0.05, 0.1) is 0 Å². The fraction of sp³-hybridized carbons (Fsp3) is 0. The van der Waals surface area contributed by atoms with Crippen LogP contribution in [-0.4, -0.2) is 0 Å². The van der Waals surface area contributed by atoms with Gasteiger partial charge in [-0.3, -0.25) is 0 Å². The van der Waals surface area contributed by atoms with Crippen LogP contribution in [0.2, 0.25) is 10.0 Å². The van der Waals surface area contributed by atoms with Crippen LogP contribution in [0.1, 0.15) is 0 Å². The van der Waals surface area contributed by atoms with Crippen LogP contribution >= 0.6 is 23.2 Å². The fourth-order valence-corrected chi connectivity index (χ4v) is 9.07. The average Bonchev–Trinajstić information content (AvgIpc) is 3.13. The fourth-order valence-electron chi connectivity index (χ4n) is 8.54. The molecule has 0 aliphatic rings. The highest BCUT2D eigenvalue weighted by Gasteiger charge is 2.18. The summed E-state index contributed by atoms with van der Waals surface area (Å²) in [5, 5.41) is 21.0. The lowest BCUT2D eigenvalue weighted by Gasteiger charge is -2.18. The van der Waals surface area contributed by atoms with Crippen molar-refractivity contribution in [2.24, 2.45) is 0 Å². The maximum Gasteiger partial charge on any atom is 0.0491 e. The molecule has 11 aromatic rings. The Labute approximate surface area is 286 Å². The number of halogens is 2. The van der Waals surface area contributed by atoms with Gasteiger partial charge in [0, 0.05) is 21.0 Å². The molecule has 0 nitrogen and oxygen atoms in total. The van der Waals surface area contributed by atoms with Crippen molar-refractivity contribution in [1.29, 1.82) is 0 Å². The summed E-state index contributed by atoms with van der Waals surface area (Å²) in [6.07, 6.45) is 0. The Morgan fingerprint density at radius 1 is 0.250 bits per heavy atom. The predicted molar refractivity (Wildman–Crippen MR) is 210 cm³/mol. The molecule has 2 heteroatoms. The van der Waals surface area contributed by atoms with Gasteiger partial charge >= 0.3 is 0 Å². The average molecular weight is 648 g/mol. The highest BCUT2D eigenvalue weighted by molar-refractivity contribution is 6.40. The van der Waals surface area contributed by atoms with Crippen molar-refractivity contribution >= 4 is 109 Å². The molecule has 0 atom stereocenters. The van der Waals surface area contributed by atoms with E-state index >= 15 is 0 Å². The maximum absolute atomic E-state index is 7.26. The van der Waals surface area contributed by atoms with Crippen LogP contribution in [-0.2, 0) is 0 Å². The Bertz CT molecular complexity index is 3100. The van der Waals surface area contributed by atoms with Gasteiger partial charge in [-0.1, -0.05) is 151 Å². The van der Waals surface area contributed by atoms with E-state index in [1.54, 1.807) is 0 Å². The minimum atomic E-state index is 0.717. The second-order valence-electron chi connectivity index (χ2n) is 13.1. The topological polar surface area (TPSA) is 0 Å². The molecule has 0 saturated heterocycles. The number of rotatable bonds is 2. The molecule has 0 bridgehead atoms. The van der Waals surface area contributed by atoms with E-state index in [-0.39, 0.29) is 0 Å². The lowest BCUT2D eigenvalue weighted by molar-refractivity contribution is 1.69. The Hall–Kier alpha value is -5.40. The lowest BCUT2D eigenvalue weighted by atomic mass is 9.87. The van der Waals surface area contributed by atoms with Gasteiger partial charge in [-0.25, -0.2) is 0 Å². The molecular weight excluding hydrogens is 623 g/mol.